The molecule has 4 aliphatic heterocycles. The van der Waals surface area contributed by atoms with Crippen molar-refractivity contribution in [2.24, 2.45) is 5.92 Å². The minimum atomic E-state index is -0.503. The second-order valence-corrected chi connectivity index (χ2v) is 13.7. The van der Waals surface area contributed by atoms with Crippen LogP contribution in [0.15, 0.2) is 36.4 Å². The Labute approximate surface area is 283 Å². The lowest BCUT2D eigenvalue weighted by atomic mass is 9.91. The fourth-order valence-electron chi connectivity index (χ4n) is 8.04. The molecule has 0 bridgehead atoms. The number of piperidine rings is 1. The molecule has 0 aliphatic carbocycles. The number of ether oxygens (including phenoxy) is 2. The quantitative estimate of drug-likeness (QED) is 0.408. The van der Waals surface area contributed by atoms with Gasteiger partial charge in [0.15, 0.2) is 0 Å². The summed E-state index contributed by atoms with van der Waals surface area (Å²) >= 11 is 0. The van der Waals surface area contributed by atoms with Gasteiger partial charge in [-0.1, -0.05) is 30.3 Å². The second kappa shape index (κ2) is 15.5. The van der Waals surface area contributed by atoms with E-state index in [9.17, 15) is 19.2 Å². The molecule has 6 rings (SSSR count). The Morgan fingerprint density at radius 3 is 2.29 bits per heavy atom. The normalized spacial score (nSPS) is 20.5. The molecule has 3 fully saturated rings. The van der Waals surface area contributed by atoms with Gasteiger partial charge < -0.3 is 29.5 Å². The largest absolute Gasteiger partial charge is 0.428 e. The van der Waals surface area contributed by atoms with E-state index in [1.807, 2.05) is 58.9 Å². The van der Waals surface area contributed by atoms with Gasteiger partial charge in [-0.2, -0.15) is 0 Å². The number of amides is 4. The van der Waals surface area contributed by atoms with Gasteiger partial charge >= 0.3 is 6.03 Å². The van der Waals surface area contributed by atoms with Gasteiger partial charge in [-0.15, -0.1) is 0 Å². The van der Waals surface area contributed by atoms with E-state index in [0.717, 1.165) is 73.5 Å². The Hall–Kier alpha value is -3.96. The van der Waals surface area contributed by atoms with E-state index in [0.29, 0.717) is 70.2 Å². The summed E-state index contributed by atoms with van der Waals surface area (Å²) in [6.07, 6.45) is 4.83. The zero-order valence-electron chi connectivity index (χ0n) is 28.3. The summed E-state index contributed by atoms with van der Waals surface area (Å²) < 4.78 is 10.7. The van der Waals surface area contributed by atoms with Crippen LogP contribution >= 0.6 is 0 Å². The summed E-state index contributed by atoms with van der Waals surface area (Å²) in [5, 5.41) is 3.07. The third-order valence-corrected chi connectivity index (χ3v) is 10.7. The Morgan fingerprint density at radius 2 is 1.60 bits per heavy atom. The number of carbonyl (C=O) groups is 4. The predicted octanol–water partition coefficient (Wildman–Crippen LogP) is 3.79. The zero-order chi connectivity index (χ0) is 33.6. The smallest absolute Gasteiger partial charge is 0.322 e. The van der Waals surface area contributed by atoms with Crippen molar-refractivity contribution in [2.45, 2.75) is 70.9 Å². The number of likely N-dealkylation sites (tertiary alicyclic amines) is 1. The molecule has 0 aromatic heterocycles. The number of para-hydroxylation sites is 1. The molecule has 1 N–H and O–H groups in total. The number of anilines is 1. The van der Waals surface area contributed by atoms with E-state index in [2.05, 4.69) is 16.3 Å². The molecule has 0 unspecified atom stereocenters. The van der Waals surface area contributed by atoms with E-state index in [1.54, 1.807) is 0 Å². The third-order valence-electron chi connectivity index (χ3n) is 10.7. The molecule has 11 nitrogen and oxygen atoms in total. The van der Waals surface area contributed by atoms with Gasteiger partial charge in [-0.3, -0.25) is 19.3 Å². The summed E-state index contributed by atoms with van der Waals surface area (Å²) in [5.41, 5.74) is 4.60. The second-order valence-electron chi connectivity index (χ2n) is 13.7. The van der Waals surface area contributed by atoms with Crippen LogP contribution in [0.2, 0.25) is 0 Å². The number of nitrogens with zero attached hydrogens (tertiary/aromatic N) is 4. The molecular formula is C37H49N5O6. The predicted molar refractivity (Wildman–Crippen MR) is 182 cm³/mol. The number of piperazine rings is 1. The van der Waals surface area contributed by atoms with Crippen molar-refractivity contribution in [3.05, 3.63) is 58.7 Å². The first-order valence-electron chi connectivity index (χ1n) is 17.5. The highest BCUT2D eigenvalue weighted by molar-refractivity contribution is 5.91. The van der Waals surface area contributed by atoms with Crippen molar-refractivity contribution in [3.8, 4) is 5.75 Å². The highest BCUT2D eigenvalue weighted by Gasteiger charge is 2.35. The van der Waals surface area contributed by atoms with Gasteiger partial charge in [0.25, 0.3) is 6.47 Å². The number of fused-ring (bicyclic) bond motifs is 1. The summed E-state index contributed by atoms with van der Waals surface area (Å²) in [6.45, 7) is 10.5. The van der Waals surface area contributed by atoms with Crippen molar-refractivity contribution in [1.29, 1.82) is 0 Å². The number of hydrogen-bond donors (Lipinski definition) is 1. The Balaban J connectivity index is 1.10. The van der Waals surface area contributed by atoms with Crippen LogP contribution in [0.25, 0.3) is 0 Å². The van der Waals surface area contributed by atoms with Crippen molar-refractivity contribution in [3.63, 3.8) is 0 Å². The van der Waals surface area contributed by atoms with Crippen LogP contribution in [0.3, 0.4) is 0 Å². The average Bonchev–Trinajstić information content (AvgIpc) is 3.27. The molecule has 1 atom stereocenters. The maximum absolute atomic E-state index is 14.2. The van der Waals surface area contributed by atoms with E-state index < -0.39 is 5.92 Å². The fraction of sp³-hybridized carbons (Fsp3) is 0.568. The number of nitrogens with one attached hydrogen (secondary N) is 1. The summed E-state index contributed by atoms with van der Waals surface area (Å²) in [4.78, 5) is 60.4. The first-order valence-corrected chi connectivity index (χ1v) is 17.5. The van der Waals surface area contributed by atoms with Crippen molar-refractivity contribution >= 4 is 30.0 Å². The number of benzene rings is 2. The molecule has 4 aliphatic rings. The zero-order valence-corrected chi connectivity index (χ0v) is 28.3. The van der Waals surface area contributed by atoms with Gasteiger partial charge in [-0.05, 0) is 80.7 Å². The maximum atomic E-state index is 14.2. The molecule has 0 saturated carbocycles. The minimum Gasteiger partial charge on any atom is -0.428 e. The van der Waals surface area contributed by atoms with Gasteiger partial charge in [0, 0.05) is 83.2 Å². The lowest BCUT2D eigenvalue weighted by molar-refractivity contribution is -0.143. The summed E-state index contributed by atoms with van der Waals surface area (Å²) in [7, 11) is 0. The number of urea groups is 1. The molecule has 2 aromatic carbocycles. The van der Waals surface area contributed by atoms with Crippen molar-refractivity contribution < 1.29 is 28.7 Å². The molecule has 2 aromatic rings. The number of carbonyl (C=O) groups excluding carboxylic acids is 4. The molecule has 11 heteroatoms. The van der Waals surface area contributed by atoms with Gasteiger partial charge in [0.2, 0.25) is 11.8 Å². The first kappa shape index (κ1) is 33.9. The number of aryl methyl sites for hydroxylation is 2. The molecule has 0 radical (unpaired) electrons. The van der Waals surface area contributed by atoms with Crippen LogP contribution in [-0.4, -0.2) is 115 Å². The van der Waals surface area contributed by atoms with E-state index >= 15 is 0 Å². The lowest BCUT2D eigenvalue weighted by Gasteiger charge is -2.41. The van der Waals surface area contributed by atoms with Gasteiger partial charge in [0.1, 0.15) is 5.75 Å². The standard InChI is InChI=1S/C37H49N5O6/c1-26-21-28(22-27(2)35(26)48-25-43)23-30(36(45)41-17-15-39(16-18-41)31-10-19-47-20-11-31)24-34(44)40-12-8-32(9-13-40)42-14-7-29-5-3-4-6-33(29)38-37(42)46/h3-6,21-22,25,30-32H,7-20,23-24H2,1-2H3,(H,38,46)/t30-/m0/s1. The van der Waals surface area contributed by atoms with Gasteiger partial charge in [-0.25, -0.2) is 4.79 Å². The number of rotatable bonds is 9. The Morgan fingerprint density at radius 1 is 0.917 bits per heavy atom. The third kappa shape index (κ3) is 7.84. The van der Waals surface area contributed by atoms with Crippen LogP contribution in [0.1, 0.15) is 54.4 Å². The minimum absolute atomic E-state index is 0.0188. The van der Waals surface area contributed by atoms with E-state index in [4.69, 9.17) is 9.47 Å². The maximum Gasteiger partial charge on any atom is 0.322 e. The van der Waals surface area contributed by atoms with E-state index in [1.165, 1.54) is 0 Å². The fourth-order valence-corrected chi connectivity index (χ4v) is 8.04. The van der Waals surface area contributed by atoms with Crippen LogP contribution < -0.4 is 10.1 Å². The highest BCUT2D eigenvalue weighted by Crippen LogP contribution is 2.29. The van der Waals surface area contributed by atoms with Crippen molar-refractivity contribution in [2.75, 3.05) is 64.3 Å². The van der Waals surface area contributed by atoms with E-state index in [-0.39, 0.29) is 30.3 Å². The molecule has 4 heterocycles. The van der Waals surface area contributed by atoms with Gasteiger partial charge in [0.05, 0.1) is 5.92 Å². The van der Waals surface area contributed by atoms with Crippen LogP contribution in [0.5, 0.6) is 5.75 Å². The molecule has 3 saturated heterocycles. The van der Waals surface area contributed by atoms with Crippen LogP contribution in [0, 0.1) is 19.8 Å². The monoisotopic (exact) mass is 659 g/mol. The summed E-state index contributed by atoms with van der Waals surface area (Å²) in [5.74, 6) is 0.0297. The SMILES string of the molecule is Cc1cc(C[C@@H](CC(=O)N2CCC(N3CCc4ccccc4NC3=O)CC2)C(=O)N2CCN(C3CCOCC3)CC2)cc(C)c1OC=O. The topological polar surface area (TPSA) is 112 Å². The van der Waals surface area contributed by atoms with Crippen LogP contribution in [0.4, 0.5) is 10.5 Å². The highest BCUT2D eigenvalue weighted by atomic mass is 16.5. The Bertz CT molecular complexity index is 1450. The van der Waals surface area contributed by atoms with Crippen molar-refractivity contribution in [1.82, 2.24) is 19.6 Å². The molecule has 258 valence electrons. The summed E-state index contributed by atoms with van der Waals surface area (Å²) in [6, 6.07) is 12.3. The first-order chi connectivity index (χ1) is 23.3. The average molecular weight is 660 g/mol. The molecular weight excluding hydrogens is 610 g/mol. The Kier molecular flexibility index (Phi) is 11.0. The number of hydrogen-bond acceptors (Lipinski definition) is 7. The molecule has 0 spiro atoms. The van der Waals surface area contributed by atoms with Crippen LogP contribution in [-0.2, 0) is 32.0 Å². The lowest BCUT2D eigenvalue weighted by Crippen LogP contribution is -2.54. The molecule has 4 amide bonds. The molecule has 48 heavy (non-hydrogen) atoms.